The Morgan fingerprint density at radius 3 is 2.14 bits per heavy atom. The van der Waals surface area contributed by atoms with E-state index in [1.807, 2.05) is 7.05 Å². The zero-order valence-corrected chi connectivity index (χ0v) is 16.3. The largest absolute Gasteiger partial charge is 0.370 e. The van der Waals surface area contributed by atoms with Crippen molar-refractivity contribution in [3.63, 3.8) is 0 Å². The minimum absolute atomic E-state index is 0.0111. The maximum absolute atomic E-state index is 13.8. The van der Waals surface area contributed by atoms with E-state index in [2.05, 4.69) is 5.73 Å². The number of primary amides is 1. The standard InChI is InChI=1S/C19H19F2NO.C3H7NO/c1-22(16-4-2-3-5-16)19(23)14-8-6-13(7-9-14)17-11-10-15(20)12-18(17)21;1-2-3(4)5/h6-12,16H,2-5H2,1H3;2H2,1H3,(H2,4,5). The van der Waals surface area contributed by atoms with Crippen LogP contribution in [-0.2, 0) is 4.79 Å². The van der Waals surface area contributed by atoms with Gasteiger partial charge in [0.15, 0.2) is 0 Å². The van der Waals surface area contributed by atoms with Crippen LogP contribution in [0.15, 0.2) is 42.5 Å². The topological polar surface area (TPSA) is 63.4 Å². The molecule has 2 N–H and O–H groups in total. The molecule has 2 aromatic carbocycles. The van der Waals surface area contributed by atoms with Crippen LogP contribution in [0.4, 0.5) is 8.78 Å². The molecule has 0 bridgehead atoms. The SMILES string of the molecule is CCC(N)=O.CN(C(=O)c1ccc(-c2ccc(F)cc2F)cc1)C1CCCC1. The highest BCUT2D eigenvalue weighted by atomic mass is 19.1. The fraction of sp³-hybridized carbons (Fsp3) is 0.364. The van der Waals surface area contributed by atoms with Crippen molar-refractivity contribution >= 4 is 11.8 Å². The average molecular weight is 388 g/mol. The van der Waals surface area contributed by atoms with Crippen molar-refractivity contribution in [1.29, 1.82) is 0 Å². The van der Waals surface area contributed by atoms with Gasteiger partial charge in [0, 0.05) is 36.7 Å². The molecule has 1 saturated carbocycles. The number of benzene rings is 2. The molecular formula is C22H26F2N2O2. The van der Waals surface area contributed by atoms with Gasteiger partial charge in [-0.25, -0.2) is 8.78 Å². The second kappa shape index (κ2) is 9.97. The highest BCUT2D eigenvalue weighted by Gasteiger charge is 2.24. The van der Waals surface area contributed by atoms with Gasteiger partial charge < -0.3 is 10.6 Å². The Kier molecular flexibility index (Phi) is 7.67. The maximum Gasteiger partial charge on any atom is 0.253 e. The first kappa shape index (κ1) is 21.5. The number of nitrogens with zero attached hydrogens (tertiary/aromatic N) is 1. The number of rotatable bonds is 4. The van der Waals surface area contributed by atoms with E-state index >= 15 is 0 Å². The van der Waals surface area contributed by atoms with Crippen molar-refractivity contribution in [2.24, 2.45) is 5.73 Å². The normalized spacial score (nSPS) is 13.6. The summed E-state index contributed by atoms with van der Waals surface area (Å²) < 4.78 is 26.8. The third-order valence-corrected chi connectivity index (χ3v) is 4.92. The summed E-state index contributed by atoms with van der Waals surface area (Å²) in [6.45, 7) is 1.72. The van der Waals surface area contributed by atoms with E-state index in [0.29, 0.717) is 29.2 Å². The number of nitrogens with two attached hydrogens (primary N) is 1. The van der Waals surface area contributed by atoms with Gasteiger partial charge in [0.05, 0.1) is 0 Å². The van der Waals surface area contributed by atoms with Gasteiger partial charge in [-0.3, -0.25) is 9.59 Å². The lowest BCUT2D eigenvalue weighted by atomic mass is 10.0. The van der Waals surface area contributed by atoms with E-state index < -0.39 is 11.6 Å². The van der Waals surface area contributed by atoms with E-state index in [1.54, 1.807) is 36.1 Å². The molecule has 1 fully saturated rings. The Morgan fingerprint density at radius 2 is 1.64 bits per heavy atom. The fourth-order valence-electron chi connectivity index (χ4n) is 3.18. The number of carbonyl (C=O) groups excluding carboxylic acids is 2. The minimum Gasteiger partial charge on any atom is -0.370 e. The maximum atomic E-state index is 13.8. The lowest BCUT2D eigenvalue weighted by Gasteiger charge is -2.24. The predicted molar refractivity (Wildman–Crippen MR) is 106 cm³/mol. The third kappa shape index (κ3) is 5.62. The highest BCUT2D eigenvalue weighted by molar-refractivity contribution is 5.94. The van der Waals surface area contributed by atoms with E-state index in [-0.39, 0.29) is 11.8 Å². The van der Waals surface area contributed by atoms with Crippen molar-refractivity contribution in [3.8, 4) is 11.1 Å². The summed E-state index contributed by atoms with van der Waals surface area (Å²) in [6, 6.07) is 10.6. The zero-order valence-electron chi connectivity index (χ0n) is 16.3. The second-order valence-corrected chi connectivity index (χ2v) is 6.88. The zero-order chi connectivity index (χ0) is 20.7. The average Bonchev–Trinajstić information content (AvgIpc) is 3.22. The molecule has 0 atom stereocenters. The summed E-state index contributed by atoms with van der Waals surface area (Å²) in [7, 11) is 1.84. The Bertz CT molecular complexity index is 816. The Morgan fingerprint density at radius 1 is 1.07 bits per heavy atom. The molecule has 0 aromatic heterocycles. The van der Waals surface area contributed by atoms with Crippen LogP contribution in [-0.4, -0.2) is 29.8 Å². The van der Waals surface area contributed by atoms with E-state index in [9.17, 15) is 18.4 Å². The second-order valence-electron chi connectivity index (χ2n) is 6.88. The predicted octanol–water partition coefficient (Wildman–Crippen LogP) is 4.53. The molecule has 3 rings (SSSR count). The van der Waals surface area contributed by atoms with Gasteiger partial charge in [-0.15, -0.1) is 0 Å². The van der Waals surface area contributed by atoms with Crippen molar-refractivity contribution in [2.75, 3.05) is 7.05 Å². The molecule has 1 aliphatic carbocycles. The summed E-state index contributed by atoms with van der Waals surface area (Å²) in [5, 5.41) is 0. The van der Waals surface area contributed by atoms with Crippen molar-refractivity contribution in [3.05, 3.63) is 59.7 Å². The van der Waals surface area contributed by atoms with Crippen LogP contribution >= 0.6 is 0 Å². The van der Waals surface area contributed by atoms with Gasteiger partial charge in [-0.1, -0.05) is 31.9 Å². The molecule has 0 aliphatic heterocycles. The van der Waals surface area contributed by atoms with Crippen molar-refractivity contribution in [1.82, 2.24) is 4.90 Å². The summed E-state index contributed by atoms with van der Waals surface area (Å²) in [4.78, 5) is 23.9. The van der Waals surface area contributed by atoms with Gasteiger partial charge >= 0.3 is 0 Å². The number of carbonyl (C=O) groups is 2. The molecule has 0 heterocycles. The van der Waals surface area contributed by atoms with E-state index in [4.69, 9.17) is 0 Å². The van der Waals surface area contributed by atoms with Gasteiger partial charge in [-0.05, 0) is 42.7 Å². The van der Waals surface area contributed by atoms with Crippen LogP contribution in [0, 0.1) is 11.6 Å². The molecule has 1 aliphatic rings. The molecule has 2 aromatic rings. The third-order valence-electron chi connectivity index (χ3n) is 4.92. The van der Waals surface area contributed by atoms with Crippen LogP contribution in [0.1, 0.15) is 49.4 Å². The molecule has 150 valence electrons. The summed E-state index contributed by atoms with van der Waals surface area (Å²) >= 11 is 0. The molecule has 6 heteroatoms. The molecular weight excluding hydrogens is 362 g/mol. The molecule has 4 nitrogen and oxygen atoms in total. The van der Waals surface area contributed by atoms with Crippen LogP contribution in [0.2, 0.25) is 0 Å². The van der Waals surface area contributed by atoms with Gasteiger partial charge in [-0.2, -0.15) is 0 Å². The minimum atomic E-state index is -0.604. The molecule has 0 unspecified atom stereocenters. The first-order valence-corrected chi connectivity index (χ1v) is 9.44. The lowest BCUT2D eigenvalue weighted by Crippen LogP contribution is -2.35. The summed E-state index contributed by atoms with van der Waals surface area (Å²) in [5.41, 5.74) is 6.20. The quantitative estimate of drug-likeness (QED) is 0.836. The van der Waals surface area contributed by atoms with E-state index in [0.717, 1.165) is 18.9 Å². The first-order valence-electron chi connectivity index (χ1n) is 9.44. The first-order chi connectivity index (χ1) is 13.3. The monoisotopic (exact) mass is 388 g/mol. The van der Waals surface area contributed by atoms with E-state index in [1.165, 1.54) is 25.0 Å². The van der Waals surface area contributed by atoms with Crippen molar-refractivity contribution < 1.29 is 18.4 Å². The fourth-order valence-corrected chi connectivity index (χ4v) is 3.18. The Hall–Kier alpha value is -2.76. The van der Waals surface area contributed by atoms with Gasteiger partial charge in [0.2, 0.25) is 5.91 Å². The van der Waals surface area contributed by atoms with Crippen LogP contribution in [0.3, 0.4) is 0 Å². The molecule has 2 amide bonds. The van der Waals surface area contributed by atoms with Crippen LogP contribution < -0.4 is 5.73 Å². The molecule has 0 saturated heterocycles. The lowest BCUT2D eigenvalue weighted by molar-refractivity contribution is -0.117. The van der Waals surface area contributed by atoms with Crippen LogP contribution in [0.25, 0.3) is 11.1 Å². The Labute approximate surface area is 164 Å². The number of hydrogen-bond acceptors (Lipinski definition) is 2. The number of halogens is 2. The number of hydrogen-bond donors (Lipinski definition) is 1. The Balaban J connectivity index is 0.000000500. The van der Waals surface area contributed by atoms with Crippen LogP contribution in [0.5, 0.6) is 0 Å². The van der Waals surface area contributed by atoms with Gasteiger partial charge in [0.1, 0.15) is 11.6 Å². The molecule has 0 spiro atoms. The molecule has 28 heavy (non-hydrogen) atoms. The number of amides is 2. The van der Waals surface area contributed by atoms with Gasteiger partial charge in [0.25, 0.3) is 5.91 Å². The summed E-state index contributed by atoms with van der Waals surface area (Å²) in [5.74, 6) is -1.46. The van der Waals surface area contributed by atoms with Crippen molar-refractivity contribution in [2.45, 2.75) is 45.1 Å². The highest BCUT2D eigenvalue weighted by Crippen LogP contribution is 2.26. The molecule has 0 radical (unpaired) electrons. The smallest absolute Gasteiger partial charge is 0.253 e. The summed E-state index contributed by atoms with van der Waals surface area (Å²) in [6.07, 6.45) is 4.90.